The van der Waals surface area contributed by atoms with Crippen LogP contribution in [-0.2, 0) is 17.1 Å². The largest absolute Gasteiger partial charge is 0.486 e. The predicted octanol–water partition coefficient (Wildman–Crippen LogP) is 3.13. The van der Waals surface area contributed by atoms with Gasteiger partial charge in [0.1, 0.15) is 17.5 Å². The number of nitrogens with zero attached hydrogens (tertiary/aromatic N) is 3. The number of aromatic nitrogens is 2. The van der Waals surface area contributed by atoms with E-state index in [0.29, 0.717) is 22.8 Å². The minimum absolute atomic E-state index is 0.0310. The van der Waals surface area contributed by atoms with E-state index in [1.807, 2.05) is 6.08 Å². The maximum absolute atomic E-state index is 13.1. The average molecular weight is 404 g/mol. The van der Waals surface area contributed by atoms with Crippen LogP contribution in [0.15, 0.2) is 36.4 Å². The fourth-order valence-corrected chi connectivity index (χ4v) is 4.32. The van der Waals surface area contributed by atoms with Crippen LogP contribution in [0.5, 0.6) is 5.75 Å². The van der Waals surface area contributed by atoms with Crippen molar-refractivity contribution in [1.29, 1.82) is 0 Å². The molecule has 8 heteroatoms. The summed E-state index contributed by atoms with van der Waals surface area (Å²) in [7, 11) is -2.13. The molecule has 1 aromatic carbocycles. The van der Waals surface area contributed by atoms with E-state index in [2.05, 4.69) is 11.2 Å². The van der Waals surface area contributed by atoms with Gasteiger partial charge < -0.3 is 4.74 Å². The van der Waals surface area contributed by atoms with Crippen LogP contribution in [0.3, 0.4) is 0 Å². The number of sulfonamides is 1. The highest BCUT2D eigenvalue weighted by atomic mass is 32.2. The third kappa shape index (κ3) is 4.11. The van der Waals surface area contributed by atoms with E-state index in [0.717, 1.165) is 29.8 Å². The fourth-order valence-electron chi connectivity index (χ4n) is 3.32. The molecule has 1 aliphatic carbocycles. The second-order valence-corrected chi connectivity index (χ2v) is 8.85. The molecule has 0 radical (unpaired) electrons. The molecule has 1 heterocycles. The van der Waals surface area contributed by atoms with E-state index < -0.39 is 15.9 Å². The minimum atomic E-state index is -3.84. The zero-order valence-corrected chi connectivity index (χ0v) is 17.4. The molecule has 1 atom stereocenters. The second-order valence-electron chi connectivity index (χ2n) is 7.02. The van der Waals surface area contributed by atoms with Gasteiger partial charge in [-0.05, 0) is 63.5 Å². The molecule has 0 saturated carbocycles. The van der Waals surface area contributed by atoms with Crippen molar-refractivity contribution in [2.24, 2.45) is 7.05 Å². The Hall–Kier alpha value is -2.61. The first-order valence-electron chi connectivity index (χ1n) is 9.16. The SMILES string of the molecule is Cc1nn(C)c(C)c1N(C(=O)c1ccc(OC2C=CCCC2)cc1)S(C)(=O)=O. The molecule has 0 aliphatic heterocycles. The molecule has 7 nitrogen and oxygen atoms in total. The van der Waals surface area contributed by atoms with Gasteiger partial charge in [0, 0.05) is 12.6 Å². The van der Waals surface area contributed by atoms with Crippen LogP contribution in [0.4, 0.5) is 5.69 Å². The minimum Gasteiger partial charge on any atom is -0.486 e. The van der Waals surface area contributed by atoms with Crippen LogP contribution in [0, 0.1) is 13.8 Å². The summed E-state index contributed by atoms with van der Waals surface area (Å²) in [6, 6.07) is 6.56. The van der Waals surface area contributed by atoms with E-state index in [4.69, 9.17) is 4.74 Å². The van der Waals surface area contributed by atoms with E-state index in [9.17, 15) is 13.2 Å². The van der Waals surface area contributed by atoms with Gasteiger partial charge in [-0.25, -0.2) is 8.42 Å². The summed E-state index contributed by atoms with van der Waals surface area (Å²) in [5.74, 6) is 0.0264. The lowest BCUT2D eigenvalue weighted by Gasteiger charge is -2.21. The number of anilines is 1. The van der Waals surface area contributed by atoms with Gasteiger partial charge in [0.05, 0.1) is 17.6 Å². The van der Waals surface area contributed by atoms with Crippen molar-refractivity contribution in [1.82, 2.24) is 9.78 Å². The maximum atomic E-state index is 13.1. The highest BCUT2D eigenvalue weighted by Gasteiger charge is 2.31. The zero-order valence-electron chi connectivity index (χ0n) is 16.5. The predicted molar refractivity (Wildman–Crippen MR) is 108 cm³/mol. The van der Waals surface area contributed by atoms with Gasteiger partial charge in [0.2, 0.25) is 10.0 Å². The van der Waals surface area contributed by atoms with Crippen LogP contribution >= 0.6 is 0 Å². The topological polar surface area (TPSA) is 81.5 Å². The van der Waals surface area contributed by atoms with Gasteiger partial charge in [0.15, 0.2) is 0 Å². The summed E-state index contributed by atoms with van der Waals surface area (Å²) in [5, 5.41) is 4.23. The molecular formula is C20H25N3O4S. The normalized spacial score (nSPS) is 16.8. The number of benzene rings is 1. The number of carbonyl (C=O) groups is 1. The highest BCUT2D eigenvalue weighted by Crippen LogP contribution is 2.28. The van der Waals surface area contributed by atoms with Crippen molar-refractivity contribution < 1.29 is 17.9 Å². The Morgan fingerprint density at radius 3 is 2.43 bits per heavy atom. The number of rotatable bonds is 5. The number of hydrogen-bond acceptors (Lipinski definition) is 5. The van der Waals surface area contributed by atoms with Gasteiger partial charge in [-0.15, -0.1) is 0 Å². The van der Waals surface area contributed by atoms with Crippen LogP contribution in [-0.4, -0.2) is 36.5 Å². The van der Waals surface area contributed by atoms with Gasteiger partial charge in [-0.1, -0.05) is 6.08 Å². The average Bonchev–Trinajstić information content (AvgIpc) is 2.88. The summed E-state index contributed by atoms with van der Waals surface area (Å²) < 4.78 is 33.1. The molecule has 1 amide bonds. The number of hydrogen-bond donors (Lipinski definition) is 0. The number of amides is 1. The standard InChI is InChI=1S/C20H25N3O4S/c1-14-19(15(2)22(3)21-14)23(28(4,25)26)20(24)16-10-12-18(13-11-16)27-17-8-6-5-7-9-17/h6,8,10-13,17H,5,7,9H2,1-4H3. The first kappa shape index (κ1) is 20.1. The monoisotopic (exact) mass is 403 g/mol. The summed E-state index contributed by atoms with van der Waals surface area (Å²) in [6.07, 6.45) is 8.31. The Morgan fingerprint density at radius 1 is 1.25 bits per heavy atom. The third-order valence-electron chi connectivity index (χ3n) is 4.79. The summed E-state index contributed by atoms with van der Waals surface area (Å²) in [4.78, 5) is 13.1. The lowest BCUT2D eigenvalue weighted by molar-refractivity contribution is 0.100. The van der Waals surface area contributed by atoms with Crippen LogP contribution in [0.1, 0.15) is 41.0 Å². The van der Waals surface area contributed by atoms with Crippen molar-refractivity contribution in [3.8, 4) is 5.75 Å². The molecule has 0 N–H and O–H groups in total. The van der Waals surface area contributed by atoms with E-state index in [1.165, 1.54) is 0 Å². The summed E-state index contributed by atoms with van der Waals surface area (Å²) in [5.41, 5.74) is 1.63. The number of carbonyl (C=O) groups excluding carboxylic acids is 1. The molecule has 2 aromatic rings. The molecule has 0 fully saturated rings. The van der Waals surface area contributed by atoms with Crippen molar-refractivity contribution in [2.75, 3.05) is 10.6 Å². The Balaban J connectivity index is 1.89. The molecule has 0 spiro atoms. The fraction of sp³-hybridized carbons (Fsp3) is 0.400. The van der Waals surface area contributed by atoms with Crippen molar-refractivity contribution in [2.45, 2.75) is 39.2 Å². The van der Waals surface area contributed by atoms with Gasteiger partial charge in [-0.3, -0.25) is 9.48 Å². The van der Waals surface area contributed by atoms with E-state index in [-0.39, 0.29) is 11.7 Å². The molecule has 28 heavy (non-hydrogen) atoms. The second kappa shape index (κ2) is 7.79. The number of allylic oxidation sites excluding steroid dienone is 1. The smallest absolute Gasteiger partial charge is 0.272 e. The lowest BCUT2D eigenvalue weighted by atomic mass is 10.1. The van der Waals surface area contributed by atoms with Gasteiger partial charge in [0.25, 0.3) is 5.91 Å². The van der Waals surface area contributed by atoms with Gasteiger partial charge in [-0.2, -0.15) is 9.40 Å². The Bertz CT molecular complexity index is 1010. The molecule has 0 saturated heterocycles. The molecule has 3 rings (SSSR count). The Kier molecular flexibility index (Phi) is 5.60. The number of ether oxygens (including phenoxy) is 1. The number of aryl methyl sites for hydroxylation is 2. The van der Waals surface area contributed by atoms with Gasteiger partial charge >= 0.3 is 0 Å². The molecular weight excluding hydrogens is 378 g/mol. The first-order chi connectivity index (χ1) is 13.2. The van der Waals surface area contributed by atoms with Crippen LogP contribution in [0.25, 0.3) is 0 Å². The summed E-state index contributed by atoms with van der Waals surface area (Å²) >= 11 is 0. The molecule has 1 aliphatic rings. The Labute approximate surface area is 165 Å². The Morgan fingerprint density at radius 2 is 1.93 bits per heavy atom. The summed E-state index contributed by atoms with van der Waals surface area (Å²) in [6.45, 7) is 3.41. The van der Waals surface area contributed by atoms with Crippen LogP contribution < -0.4 is 9.04 Å². The molecule has 150 valence electrons. The van der Waals surface area contributed by atoms with Crippen molar-refractivity contribution in [3.05, 3.63) is 53.4 Å². The molecule has 1 unspecified atom stereocenters. The van der Waals surface area contributed by atoms with Crippen LogP contribution in [0.2, 0.25) is 0 Å². The van der Waals surface area contributed by atoms with E-state index >= 15 is 0 Å². The van der Waals surface area contributed by atoms with Crippen molar-refractivity contribution >= 4 is 21.6 Å². The third-order valence-corrected chi connectivity index (χ3v) is 5.80. The highest BCUT2D eigenvalue weighted by molar-refractivity contribution is 7.92. The zero-order chi connectivity index (χ0) is 20.5. The lowest BCUT2D eigenvalue weighted by Crippen LogP contribution is -2.37. The maximum Gasteiger partial charge on any atom is 0.272 e. The van der Waals surface area contributed by atoms with E-state index in [1.54, 1.807) is 49.8 Å². The molecule has 0 bridgehead atoms. The van der Waals surface area contributed by atoms with Crippen molar-refractivity contribution in [3.63, 3.8) is 0 Å². The molecule has 1 aromatic heterocycles. The first-order valence-corrected chi connectivity index (χ1v) is 11.0. The quantitative estimate of drug-likeness (QED) is 0.717.